The molecule has 50 heavy (non-hydrogen) atoms. The van der Waals surface area contributed by atoms with Crippen molar-refractivity contribution in [3.05, 3.63) is 100.0 Å². The SMILES string of the molecule is O=C(Cn1nccn1)c1ccc(OCC(F)(F)F)c(-n2c(CN3CC4CC(C3)N4C(=O)COc3ccc(Cl)cc3)nc3ncccc3c2=O)c1. The second kappa shape index (κ2) is 13.5. The number of alkyl halides is 3. The Morgan fingerprint density at radius 3 is 2.42 bits per heavy atom. The Morgan fingerprint density at radius 1 is 0.960 bits per heavy atom. The van der Waals surface area contributed by atoms with Gasteiger partial charge in [-0.3, -0.25) is 23.9 Å². The maximum absolute atomic E-state index is 14.1. The molecule has 5 aromatic rings. The molecule has 0 spiro atoms. The number of rotatable bonds is 11. The van der Waals surface area contributed by atoms with E-state index in [0.29, 0.717) is 23.9 Å². The van der Waals surface area contributed by atoms with Crippen LogP contribution in [0.3, 0.4) is 0 Å². The van der Waals surface area contributed by atoms with Crippen LogP contribution in [-0.4, -0.2) is 95.6 Å². The van der Waals surface area contributed by atoms with Gasteiger partial charge in [-0.1, -0.05) is 11.6 Å². The molecule has 17 heteroatoms. The van der Waals surface area contributed by atoms with Gasteiger partial charge < -0.3 is 14.4 Å². The van der Waals surface area contributed by atoms with Crippen molar-refractivity contribution in [3.63, 3.8) is 0 Å². The lowest BCUT2D eigenvalue weighted by Gasteiger charge is -2.56. The van der Waals surface area contributed by atoms with E-state index in [9.17, 15) is 27.6 Å². The van der Waals surface area contributed by atoms with Gasteiger partial charge in [0.15, 0.2) is 24.6 Å². The lowest BCUT2D eigenvalue weighted by molar-refractivity contribution is -0.156. The summed E-state index contributed by atoms with van der Waals surface area (Å²) >= 11 is 5.93. The van der Waals surface area contributed by atoms with Gasteiger partial charge in [0.05, 0.1) is 30.0 Å². The summed E-state index contributed by atoms with van der Waals surface area (Å²) in [5, 5.41) is 8.55. The third-order valence-corrected chi connectivity index (χ3v) is 8.73. The molecule has 3 aliphatic heterocycles. The predicted octanol–water partition coefficient (Wildman–Crippen LogP) is 3.71. The van der Waals surface area contributed by atoms with Crippen LogP contribution in [-0.2, 0) is 17.9 Å². The number of hydrogen-bond donors (Lipinski definition) is 0. The second-order valence-electron chi connectivity index (χ2n) is 11.9. The minimum absolute atomic E-state index is 0.0894. The Balaban J connectivity index is 1.18. The molecule has 0 N–H and O–H groups in total. The summed E-state index contributed by atoms with van der Waals surface area (Å²) < 4.78 is 52.0. The molecule has 0 aliphatic carbocycles. The van der Waals surface area contributed by atoms with Gasteiger partial charge in [0.2, 0.25) is 0 Å². The van der Waals surface area contributed by atoms with E-state index in [2.05, 4.69) is 20.2 Å². The Hall–Kier alpha value is -5.35. The molecule has 8 rings (SSSR count). The maximum Gasteiger partial charge on any atom is 0.422 e. The highest BCUT2D eigenvalue weighted by molar-refractivity contribution is 6.30. The number of ether oxygens (including phenoxy) is 2. The summed E-state index contributed by atoms with van der Waals surface area (Å²) in [6, 6.07) is 13.4. The van der Waals surface area contributed by atoms with Crippen molar-refractivity contribution >= 4 is 34.3 Å². The molecule has 1 amide bonds. The van der Waals surface area contributed by atoms with Crippen LogP contribution in [0.4, 0.5) is 13.2 Å². The molecular weight excluding hydrogens is 681 g/mol. The first kappa shape index (κ1) is 33.2. The number of carbonyl (C=O) groups is 2. The number of aromatic nitrogens is 6. The molecule has 3 saturated heterocycles. The monoisotopic (exact) mass is 708 g/mol. The number of fused-ring (bicyclic) bond motifs is 3. The van der Waals surface area contributed by atoms with Crippen LogP contribution in [0.15, 0.2) is 78.0 Å². The van der Waals surface area contributed by atoms with E-state index in [4.69, 9.17) is 21.1 Å². The Morgan fingerprint density at radius 2 is 1.70 bits per heavy atom. The molecule has 2 atom stereocenters. The molecule has 2 unspecified atom stereocenters. The van der Waals surface area contributed by atoms with E-state index in [1.165, 1.54) is 47.4 Å². The lowest BCUT2D eigenvalue weighted by atomic mass is 9.87. The summed E-state index contributed by atoms with van der Waals surface area (Å²) in [7, 11) is 0. The van der Waals surface area contributed by atoms with Crippen LogP contribution in [0.25, 0.3) is 16.7 Å². The summed E-state index contributed by atoms with van der Waals surface area (Å²) in [5.41, 5.74) is -0.455. The van der Waals surface area contributed by atoms with Crippen LogP contribution >= 0.6 is 11.6 Å². The van der Waals surface area contributed by atoms with Crippen LogP contribution < -0.4 is 15.0 Å². The highest BCUT2D eigenvalue weighted by Crippen LogP contribution is 2.34. The molecule has 2 aromatic carbocycles. The first-order valence-corrected chi connectivity index (χ1v) is 15.9. The van der Waals surface area contributed by atoms with Gasteiger partial charge in [-0.25, -0.2) is 9.97 Å². The van der Waals surface area contributed by atoms with Crippen molar-refractivity contribution in [3.8, 4) is 17.2 Å². The minimum Gasteiger partial charge on any atom is -0.484 e. The third kappa shape index (κ3) is 7.02. The number of nitrogens with zero attached hydrogens (tertiary/aromatic N) is 8. The third-order valence-electron chi connectivity index (χ3n) is 8.48. The predicted molar refractivity (Wildman–Crippen MR) is 172 cm³/mol. The number of pyridine rings is 1. The fourth-order valence-electron chi connectivity index (χ4n) is 6.29. The fraction of sp³-hybridized carbons (Fsp3) is 0.303. The molecule has 2 bridgehead atoms. The zero-order valence-electron chi connectivity index (χ0n) is 26.2. The Labute approximate surface area is 286 Å². The van der Waals surface area contributed by atoms with E-state index < -0.39 is 24.1 Å². The summed E-state index contributed by atoms with van der Waals surface area (Å²) in [5.74, 6) is -0.198. The van der Waals surface area contributed by atoms with Crippen LogP contribution in [0.1, 0.15) is 22.6 Å². The number of benzene rings is 2. The first-order chi connectivity index (χ1) is 24.0. The number of piperazine rings is 1. The summed E-state index contributed by atoms with van der Waals surface area (Å²) in [6.07, 6.45) is 0.405. The van der Waals surface area contributed by atoms with Gasteiger partial charge in [-0.15, -0.1) is 0 Å². The van der Waals surface area contributed by atoms with E-state index in [1.807, 2.05) is 4.90 Å². The molecule has 258 valence electrons. The number of carbonyl (C=O) groups excluding carboxylic acids is 2. The number of piperidine rings is 1. The van der Waals surface area contributed by atoms with Crippen LogP contribution in [0.2, 0.25) is 5.02 Å². The van der Waals surface area contributed by atoms with Gasteiger partial charge in [0.1, 0.15) is 23.9 Å². The smallest absolute Gasteiger partial charge is 0.422 e. The van der Waals surface area contributed by atoms with E-state index >= 15 is 0 Å². The standard InChI is InChI=1S/C33H28ClF3N8O5/c34-21-4-6-24(7-5-21)49-18-30(47)44-22-13-23(44)15-42(14-22)17-29-41-31-25(2-1-9-38-31)32(48)45(29)26-12-20(27(46)16-43-39-10-11-40-43)3-8-28(26)50-19-33(35,36)37/h1-12,22-23H,13-19H2. The van der Waals surface area contributed by atoms with Gasteiger partial charge in [0, 0.05) is 42.0 Å². The molecule has 6 heterocycles. The van der Waals surface area contributed by atoms with E-state index in [0.717, 1.165) is 11.2 Å². The molecule has 3 aromatic heterocycles. The highest BCUT2D eigenvalue weighted by Gasteiger charge is 2.47. The van der Waals surface area contributed by atoms with Crippen molar-refractivity contribution in [2.75, 3.05) is 26.3 Å². The Bertz CT molecular complexity index is 2100. The fourth-order valence-corrected chi connectivity index (χ4v) is 6.42. The van der Waals surface area contributed by atoms with E-state index in [-0.39, 0.29) is 71.5 Å². The van der Waals surface area contributed by atoms with Crippen molar-refractivity contribution in [2.24, 2.45) is 0 Å². The van der Waals surface area contributed by atoms with Crippen molar-refractivity contribution < 1.29 is 32.2 Å². The molecule has 0 radical (unpaired) electrons. The zero-order chi connectivity index (χ0) is 35.0. The van der Waals surface area contributed by atoms with Gasteiger partial charge >= 0.3 is 6.18 Å². The van der Waals surface area contributed by atoms with Crippen molar-refractivity contribution in [1.82, 2.24) is 39.3 Å². The number of Topliss-reactive ketones (excluding diaryl/α,β-unsaturated/α-hetero) is 1. The average Bonchev–Trinajstić information content (AvgIpc) is 3.60. The van der Waals surface area contributed by atoms with Crippen molar-refractivity contribution in [2.45, 2.75) is 37.8 Å². The van der Waals surface area contributed by atoms with Crippen LogP contribution in [0.5, 0.6) is 11.5 Å². The topological polar surface area (TPSA) is 138 Å². The largest absolute Gasteiger partial charge is 0.484 e. The number of halogens is 4. The molecule has 13 nitrogen and oxygen atoms in total. The highest BCUT2D eigenvalue weighted by atomic mass is 35.5. The number of ketones is 1. The van der Waals surface area contributed by atoms with Crippen molar-refractivity contribution in [1.29, 1.82) is 0 Å². The Kier molecular flexibility index (Phi) is 8.96. The number of hydrogen-bond acceptors (Lipinski definition) is 10. The maximum atomic E-state index is 14.1. The summed E-state index contributed by atoms with van der Waals surface area (Å²) in [4.78, 5) is 54.3. The lowest BCUT2D eigenvalue weighted by Crippen LogP contribution is -2.70. The summed E-state index contributed by atoms with van der Waals surface area (Å²) in [6.45, 7) is -1.02. The van der Waals surface area contributed by atoms with Gasteiger partial charge in [-0.2, -0.15) is 28.2 Å². The molecule has 3 fully saturated rings. The quantitative estimate of drug-likeness (QED) is 0.187. The first-order valence-electron chi connectivity index (χ1n) is 15.5. The van der Waals surface area contributed by atoms with E-state index in [1.54, 1.807) is 35.2 Å². The van der Waals surface area contributed by atoms with Gasteiger partial charge in [-0.05, 0) is 61.0 Å². The average molecular weight is 709 g/mol. The second-order valence-corrected chi connectivity index (χ2v) is 12.3. The number of amides is 1. The molecule has 0 saturated carbocycles. The zero-order valence-corrected chi connectivity index (χ0v) is 26.9. The van der Waals surface area contributed by atoms with Gasteiger partial charge in [0.25, 0.3) is 11.5 Å². The normalized spacial score (nSPS) is 17.4. The van der Waals surface area contributed by atoms with Crippen LogP contribution in [0, 0.1) is 0 Å². The molecule has 3 aliphatic rings. The minimum atomic E-state index is -4.67. The molecular formula is C33H28ClF3N8O5.